The molecule has 1 amide bonds. The molecule has 14 heteroatoms. The van der Waals surface area contributed by atoms with Gasteiger partial charge in [0, 0.05) is 31.4 Å². The third kappa shape index (κ3) is 6.02. The standard InChI is InChI=1S/C20H26FN11O2/c1-11-6-15(31-30-11)26-18-27-17(25-12(2)16-22-8-14(21)9-23-16)28-19(29-18)32-5-3-4-13(10-32)7-24-20(33)34/h6,8-9,12-13,24H,3-5,7,10H2,1-2H3,(H,33,34)(H3,25,26,27,28,29,30,31)/t12-,13?/m0/s1. The zero-order chi connectivity index (χ0) is 24.1. The number of carboxylic acid groups (broad SMARTS) is 1. The smallest absolute Gasteiger partial charge is 0.404 e. The highest BCUT2D eigenvalue weighted by atomic mass is 19.1. The molecule has 4 rings (SSSR count). The third-order valence-electron chi connectivity index (χ3n) is 5.29. The van der Waals surface area contributed by atoms with Crippen LogP contribution in [0.15, 0.2) is 18.5 Å². The second kappa shape index (κ2) is 10.2. The molecule has 1 fully saturated rings. The zero-order valence-electron chi connectivity index (χ0n) is 18.8. The molecular formula is C20H26FN11O2. The number of hydrogen-bond donors (Lipinski definition) is 5. The first-order valence-corrected chi connectivity index (χ1v) is 10.9. The fourth-order valence-corrected chi connectivity index (χ4v) is 3.67. The summed E-state index contributed by atoms with van der Waals surface area (Å²) in [5.41, 5.74) is 0.877. The van der Waals surface area contributed by atoms with Gasteiger partial charge in [0.15, 0.2) is 11.6 Å². The number of halogens is 1. The number of carbonyl (C=O) groups is 1. The summed E-state index contributed by atoms with van der Waals surface area (Å²) in [6.07, 6.45) is 2.95. The number of aryl methyl sites for hydroxylation is 1. The number of aromatic amines is 1. The van der Waals surface area contributed by atoms with E-state index in [0.29, 0.717) is 30.7 Å². The SMILES string of the molecule is Cc1cc(Nc2nc(N[C@@H](C)c3ncc(F)cn3)nc(N3CCCC(CNC(=O)O)C3)n2)n[nH]1. The monoisotopic (exact) mass is 471 g/mol. The van der Waals surface area contributed by atoms with Crippen molar-refractivity contribution in [2.75, 3.05) is 35.2 Å². The van der Waals surface area contributed by atoms with E-state index >= 15 is 0 Å². The average molecular weight is 472 g/mol. The number of H-pyrrole nitrogens is 1. The van der Waals surface area contributed by atoms with Crippen molar-refractivity contribution in [2.45, 2.75) is 32.7 Å². The lowest BCUT2D eigenvalue weighted by molar-refractivity contribution is 0.191. The Morgan fingerprint density at radius 2 is 2.06 bits per heavy atom. The summed E-state index contributed by atoms with van der Waals surface area (Å²) in [6.45, 7) is 5.38. The van der Waals surface area contributed by atoms with E-state index < -0.39 is 18.0 Å². The fourth-order valence-electron chi connectivity index (χ4n) is 3.67. The van der Waals surface area contributed by atoms with Crippen molar-refractivity contribution < 1.29 is 14.3 Å². The highest BCUT2D eigenvalue weighted by molar-refractivity contribution is 5.64. The molecule has 180 valence electrons. The van der Waals surface area contributed by atoms with Gasteiger partial charge in [-0.25, -0.2) is 19.2 Å². The Kier molecular flexibility index (Phi) is 6.94. The summed E-state index contributed by atoms with van der Waals surface area (Å²) in [7, 11) is 0. The number of rotatable bonds is 8. The first-order valence-electron chi connectivity index (χ1n) is 10.9. The molecule has 0 radical (unpaired) electrons. The van der Waals surface area contributed by atoms with Gasteiger partial charge in [-0.3, -0.25) is 5.10 Å². The molecule has 3 aromatic heterocycles. The largest absolute Gasteiger partial charge is 0.465 e. The maximum atomic E-state index is 13.2. The molecule has 1 saturated heterocycles. The Bertz CT molecular complexity index is 1120. The van der Waals surface area contributed by atoms with Gasteiger partial charge in [-0.1, -0.05) is 0 Å². The molecule has 1 aliphatic rings. The first kappa shape index (κ1) is 23.1. The van der Waals surface area contributed by atoms with Crippen LogP contribution in [0.4, 0.5) is 32.8 Å². The van der Waals surface area contributed by atoms with Crippen LogP contribution < -0.4 is 20.9 Å². The van der Waals surface area contributed by atoms with Gasteiger partial charge >= 0.3 is 6.09 Å². The van der Waals surface area contributed by atoms with Crippen molar-refractivity contribution in [3.63, 3.8) is 0 Å². The molecule has 4 heterocycles. The molecular weight excluding hydrogens is 445 g/mol. The van der Waals surface area contributed by atoms with Gasteiger partial charge in [0.1, 0.15) is 5.82 Å². The van der Waals surface area contributed by atoms with Crippen LogP contribution in [-0.2, 0) is 0 Å². The molecule has 13 nitrogen and oxygen atoms in total. The number of nitrogens with zero attached hydrogens (tertiary/aromatic N) is 7. The van der Waals surface area contributed by atoms with E-state index in [1.54, 1.807) is 0 Å². The molecule has 3 aromatic rings. The van der Waals surface area contributed by atoms with E-state index in [0.717, 1.165) is 37.5 Å². The number of amides is 1. The molecule has 1 aliphatic heterocycles. The number of aromatic nitrogens is 7. The summed E-state index contributed by atoms with van der Waals surface area (Å²) in [5, 5.41) is 24.6. The predicted molar refractivity (Wildman–Crippen MR) is 121 cm³/mol. The van der Waals surface area contributed by atoms with Gasteiger partial charge < -0.3 is 26.0 Å². The van der Waals surface area contributed by atoms with Gasteiger partial charge in [-0.2, -0.15) is 20.1 Å². The Hall–Kier alpha value is -4.10. The van der Waals surface area contributed by atoms with Crippen molar-refractivity contribution in [3.8, 4) is 0 Å². The van der Waals surface area contributed by atoms with E-state index in [9.17, 15) is 9.18 Å². The second-order valence-electron chi connectivity index (χ2n) is 8.11. The Labute approximate surface area is 194 Å². The lowest BCUT2D eigenvalue weighted by Gasteiger charge is -2.32. The van der Waals surface area contributed by atoms with Crippen LogP contribution in [-0.4, -0.2) is 66.0 Å². The van der Waals surface area contributed by atoms with E-state index in [1.165, 1.54) is 0 Å². The summed E-state index contributed by atoms with van der Waals surface area (Å²) in [5.74, 6) is 1.57. The highest BCUT2D eigenvalue weighted by Gasteiger charge is 2.24. The van der Waals surface area contributed by atoms with E-state index in [4.69, 9.17) is 5.11 Å². The normalized spacial score (nSPS) is 16.7. The number of piperidine rings is 1. The molecule has 0 bridgehead atoms. The maximum absolute atomic E-state index is 13.2. The van der Waals surface area contributed by atoms with Gasteiger partial charge in [0.25, 0.3) is 0 Å². The molecule has 2 atom stereocenters. The zero-order valence-corrected chi connectivity index (χ0v) is 18.8. The van der Waals surface area contributed by atoms with Gasteiger partial charge in [-0.05, 0) is 32.6 Å². The lowest BCUT2D eigenvalue weighted by Crippen LogP contribution is -2.41. The number of anilines is 4. The van der Waals surface area contributed by atoms with Gasteiger partial charge in [0.05, 0.1) is 18.4 Å². The minimum absolute atomic E-state index is 0.134. The van der Waals surface area contributed by atoms with Crippen LogP contribution in [0.2, 0.25) is 0 Å². The molecule has 0 saturated carbocycles. The molecule has 0 aromatic carbocycles. The molecule has 5 N–H and O–H groups in total. The van der Waals surface area contributed by atoms with E-state index in [-0.39, 0.29) is 17.8 Å². The topological polar surface area (TPSA) is 170 Å². The minimum atomic E-state index is -1.04. The molecule has 0 aliphatic carbocycles. The Morgan fingerprint density at radius 3 is 2.76 bits per heavy atom. The van der Waals surface area contributed by atoms with Crippen molar-refractivity contribution in [3.05, 3.63) is 35.8 Å². The van der Waals surface area contributed by atoms with E-state index in [1.807, 2.05) is 24.8 Å². The molecule has 34 heavy (non-hydrogen) atoms. The van der Waals surface area contributed by atoms with Crippen LogP contribution in [0.3, 0.4) is 0 Å². The molecule has 1 unspecified atom stereocenters. The van der Waals surface area contributed by atoms with Crippen LogP contribution in [0, 0.1) is 18.7 Å². The van der Waals surface area contributed by atoms with Crippen LogP contribution in [0.25, 0.3) is 0 Å². The third-order valence-corrected chi connectivity index (χ3v) is 5.29. The second-order valence-corrected chi connectivity index (χ2v) is 8.11. The summed E-state index contributed by atoms with van der Waals surface area (Å²) >= 11 is 0. The van der Waals surface area contributed by atoms with Gasteiger partial charge in [-0.15, -0.1) is 0 Å². The van der Waals surface area contributed by atoms with Crippen LogP contribution in [0.1, 0.15) is 37.3 Å². The molecule has 0 spiro atoms. The quantitative estimate of drug-likeness (QED) is 0.326. The number of nitrogens with one attached hydrogen (secondary N) is 4. The van der Waals surface area contributed by atoms with Crippen molar-refractivity contribution in [2.24, 2.45) is 5.92 Å². The average Bonchev–Trinajstić information content (AvgIpc) is 3.22. The summed E-state index contributed by atoms with van der Waals surface area (Å²) in [4.78, 5) is 34.5. The summed E-state index contributed by atoms with van der Waals surface area (Å²) < 4.78 is 13.2. The van der Waals surface area contributed by atoms with Crippen LogP contribution >= 0.6 is 0 Å². The maximum Gasteiger partial charge on any atom is 0.404 e. The first-order chi connectivity index (χ1) is 16.4. The fraction of sp³-hybridized carbons (Fsp3) is 0.450. The predicted octanol–water partition coefficient (Wildman–Crippen LogP) is 2.23. The number of hydrogen-bond acceptors (Lipinski definition) is 10. The Balaban J connectivity index is 1.57. The van der Waals surface area contributed by atoms with Crippen molar-refractivity contribution in [1.82, 2.24) is 40.4 Å². The lowest BCUT2D eigenvalue weighted by atomic mass is 9.98. The van der Waals surface area contributed by atoms with Gasteiger partial charge in [0.2, 0.25) is 17.8 Å². The summed E-state index contributed by atoms with van der Waals surface area (Å²) in [6, 6.07) is 1.42. The van der Waals surface area contributed by atoms with Crippen molar-refractivity contribution in [1.29, 1.82) is 0 Å². The minimum Gasteiger partial charge on any atom is -0.465 e. The highest BCUT2D eigenvalue weighted by Crippen LogP contribution is 2.24. The Morgan fingerprint density at radius 1 is 1.29 bits per heavy atom. The van der Waals surface area contributed by atoms with E-state index in [2.05, 4.69) is 51.1 Å². The van der Waals surface area contributed by atoms with Crippen LogP contribution in [0.5, 0.6) is 0 Å². The van der Waals surface area contributed by atoms with Crippen molar-refractivity contribution >= 4 is 29.8 Å².